The molecule has 0 radical (unpaired) electrons. The van der Waals surface area contributed by atoms with Crippen LogP contribution in [-0.4, -0.2) is 0 Å². The van der Waals surface area contributed by atoms with Crippen molar-refractivity contribution in [3.8, 4) is 0 Å². The highest BCUT2D eigenvalue weighted by atomic mass is 35.5. The lowest BCUT2D eigenvalue weighted by atomic mass is 9.90. The minimum Gasteiger partial charge on any atom is -0.398 e. The third-order valence-corrected chi connectivity index (χ3v) is 6.05. The minimum atomic E-state index is 0.739. The van der Waals surface area contributed by atoms with Crippen LogP contribution in [0.5, 0.6) is 0 Å². The number of rotatable bonds is 7. The first-order valence-electron chi connectivity index (χ1n) is 9.04. The van der Waals surface area contributed by atoms with Gasteiger partial charge in [-0.25, -0.2) is 0 Å². The molecule has 0 spiro atoms. The van der Waals surface area contributed by atoms with Crippen molar-refractivity contribution in [1.29, 1.82) is 0 Å². The van der Waals surface area contributed by atoms with E-state index in [-0.39, 0.29) is 0 Å². The molecule has 0 saturated heterocycles. The summed E-state index contributed by atoms with van der Waals surface area (Å²) in [7, 11) is 0. The third kappa shape index (κ3) is 5.09. The maximum absolute atomic E-state index is 6.59. The monoisotopic (exact) mass is 397 g/mol. The van der Waals surface area contributed by atoms with Crippen LogP contribution in [0.25, 0.3) is 5.57 Å². The van der Waals surface area contributed by atoms with Crippen LogP contribution in [-0.2, 0) is 12.8 Å². The summed E-state index contributed by atoms with van der Waals surface area (Å²) in [6, 6.07) is 10.6. The van der Waals surface area contributed by atoms with Crippen LogP contribution in [0.2, 0.25) is 5.02 Å². The molecule has 0 aliphatic carbocycles. The summed E-state index contributed by atoms with van der Waals surface area (Å²) in [5.41, 5.74) is 15.0. The number of halogens is 1. The standard InChI is InChI=1S/C24H28ClNS/c1-7-27-22-13-10-19(14-17(22)5)9-11-20-21(25)12-8-16(4)23(20)18(6)24(26)15(2)3/h7-8,10,12-14H,1-2,9,11,26H2,3-6H3/b24-18-. The molecule has 142 valence electrons. The molecule has 0 heterocycles. The van der Waals surface area contributed by atoms with Crippen LogP contribution in [0, 0.1) is 13.8 Å². The summed E-state index contributed by atoms with van der Waals surface area (Å²) >= 11 is 8.25. The molecule has 0 aliphatic heterocycles. The highest BCUT2D eigenvalue weighted by molar-refractivity contribution is 8.02. The van der Waals surface area contributed by atoms with Crippen molar-refractivity contribution in [1.82, 2.24) is 0 Å². The second-order valence-electron chi connectivity index (χ2n) is 6.92. The number of benzene rings is 2. The van der Waals surface area contributed by atoms with E-state index in [0.29, 0.717) is 0 Å². The van der Waals surface area contributed by atoms with Crippen LogP contribution in [0.3, 0.4) is 0 Å². The lowest BCUT2D eigenvalue weighted by Crippen LogP contribution is -2.06. The summed E-state index contributed by atoms with van der Waals surface area (Å²) < 4.78 is 0. The first-order valence-corrected chi connectivity index (χ1v) is 10.3. The van der Waals surface area contributed by atoms with E-state index < -0.39 is 0 Å². The highest BCUT2D eigenvalue weighted by Crippen LogP contribution is 2.32. The number of hydrogen-bond donors (Lipinski definition) is 1. The van der Waals surface area contributed by atoms with E-state index in [0.717, 1.165) is 45.8 Å². The van der Waals surface area contributed by atoms with Crippen molar-refractivity contribution < 1.29 is 0 Å². The van der Waals surface area contributed by atoms with Gasteiger partial charge >= 0.3 is 0 Å². The zero-order valence-corrected chi connectivity index (χ0v) is 18.2. The molecule has 2 rings (SSSR count). The van der Waals surface area contributed by atoms with Gasteiger partial charge in [0.25, 0.3) is 0 Å². The van der Waals surface area contributed by atoms with Crippen molar-refractivity contribution in [2.45, 2.75) is 45.4 Å². The highest BCUT2D eigenvalue weighted by Gasteiger charge is 2.14. The van der Waals surface area contributed by atoms with Gasteiger partial charge in [-0.15, -0.1) is 0 Å². The molecule has 3 heteroatoms. The summed E-state index contributed by atoms with van der Waals surface area (Å²) in [5.74, 6) is 0. The van der Waals surface area contributed by atoms with Gasteiger partial charge in [-0.3, -0.25) is 0 Å². The second-order valence-corrected chi connectivity index (χ2v) is 8.34. The second kappa shape index (κ2) is 9.34. The van der Waals surface area contributed by atoms with Gasteiger partial charge < -0.3 is 5.73 Å². The van der Waals surface area contributed by atoms with E-state index in [1.165, 1.54) is 21.6 Å². The largest absolute Gasteiger partial charge is 0.398 e. The number of nitrogens with two attached hydrogens (primary N) is 1. The third-order valence-electron chi connectivity index (χ3n) is 4.82. The Balaban J connectivity index is 2.38. The molecule has 0 unspecified atom stereocenters. The average molecular weight is 398 g/mol. The molecule has 0 bridgehead atoms. The lowest BCUT2D eigenvalue weighted by molar-refractivity contribution is 0.947. The SMILES string of the molecule is C=CSc1ccc(CCc2c(Cl)ccc(C)c2/C(C)=C(\N)C(=C)C)cc1C. The lowest BCUT2D eigenvalue weighted by Gasteiger charge is -2.18. The molecule has 2 aromatic rings. The van der Waals surface area contributed by atoms with Crippen molar-refractivity contribution in [2.75, 3.05) is 0 Å². The molecule has 2 N–H and O–H groups in total. The Morgan fingerprint density at radius 1 is 1.11 bits per heavy atom. The Labute approximate surface area is 173 Å². The van der Waals surface area contributed by atoms with Crippen LogP contribution in [0.15, 0.2) is 65.1 Å². The normalized spacial score (nSPS) is 11.9. The van der Waals surface area contributed by atoms with Gasteiger partial charge in [0.05, 0.1) is 0 Å². The number of allylic oxidation sites excluding steroid dienone is 2. The Morgan fingerprint density at radius 2 is 1.81 bits per heavy atom. The minimum absolute atomic E-state index is 0.739. The fourth-order valence-electron chi connectivity index (χ4n) is 3.32. The Bertz CT molecular complexity index is 909. The van der Waals surface area contributed by atoms with Gasteiger partial charge in [0.15, 0.2) is 0 Å². The van der Waals surface area contributed by atoms with E-state index in [1.54, 1.807) is 11.8 Å². The van der Waals surface area contributed by atoms with E-state index >= 15 is 0 Å². The van der Waals surface area contributed by atoms with E-state index in [4.69, 9.17) is 17.3 Å². The predicted molar refractivity (Wildman–Crippen MR) is 122 cm³/mol. The molecule has 27 heavy (non-hydrogen) atoms. The van der Waals surface area contributed by atoms with Crippen LogP contribution < -0.4 is 5.73 Å². The Kier molecular flexibility index (Phi) is 7.41. The number of thioether (sulfide) groups is 1. The molecule has 0 aromatic heterocycles. The van der Waals surface area contributed by atoms with E-state index in [2.05, 4.69) is 58.2 Å². The van der Waals surface area contributed by atoms with Crippen LogP contribution in [0.1, 0.15) is 41.7 Å². The zero-order valence-electron chi connectivity index (χ0n) is 16.7. The predicted octanol–water partition coefficient (Wildman–Crippen LogP) is 7.24. The Hall–Kier alpha value is -1.90. The smallest absolute Gasteiger partial charge is 0.0444 e. The molecule has 0 aliphatic rings. The molecular formula is C24H28ClNS. The van der Waals surface area contributed by atoms with Gasteiger partial charge in [-0.05, 0) is 97.0 Å². The fourth-order valence-corrected chi connectivity index (χ4v) is 4.14. The van der Waals surface area contributed by atoms with E-state index in [1.807, 2.05) is 18.4 Å². The van der Waals surface area contributed by atoms with Gasteiger partial charge in [0, 0.05) is 15.6 Å². The molecule has 0 fully saturated rings. The maximum atomic E-state index is 6.59. The van der Waals surface area contributed by atoms with Gasteiger partial charge in [-0.1, -0.05) is 54.7 Å². The molecule has 0 saturated carbocycles. The molecule has 0 atom stereocenters. The summed E-state index contributed by atoms with van der Waals surface area (Å²) in [6.07, 6.45) is 1.79. The van der Waals surface area contributed by atoms with Gasteiger partial charge in [0.1, 0.15) is 0 Å². The topological polar surface area (TPSA) is 26.0 Å². The average Bonchev–Trinajstić information content (AvgIpc) is 2.63. The molecular weight excluding hydrogens is 370 g/mol. The first kappa shape index (κ1) is 21.4. The fraction of sp³-hybridized carbons (Fsp3) is 0.250. The molecule has 0 amide bonds. The van der Waals surface area contributed by atoms with Crippen molar-refractivity contribution >= 4 is 28.9 Å². The summed E-state index contributed by atoms with van der Waals surface area (Å²) in [5, 5.41) is 2.65. The maximum Gasteiger partial charge on any atom is 0.0444 e. The van der Waals surface area contributed by atoms with Crippen molar-refractivity contribution in [3.63, 3.8) is 0 Å². The number of aryl methyl sites for hydroxylation is 3. The quantitative estimate of drug-likeness (QED) is 0.393. The van der Waals surface area contributed by atoms with Gasteiger partial charge in [0.2, 0.25) is 0 Å². The number of hydrogen-bond acceptors (Lipinski definition) is 2. The van der Waals surface area contributed by atoms with E-state index in [9.17, 15) is 0 Å². The molecule has 1 nitrogen and oxygen atoms in total. The summed E-state index contributed by atoms with van der Waals surface area (Å²) in [4.78, 5) is 1.25. The Morgan fingerprint density at radius 3 is 2.41 bits per heavy atom. The summed E-state index contributed by atoms with van der Waals surface area (Å²) in [6.45, 7) is 16.0. The van der Waals surface area contributed by atoms with Crippen LogP contribution in [0.4, 0.5) is 0 Å². The van der Waals surface area contributed by atoms with Crippen LogP contribution >= 0.6 is 23.4 Å². The molecule has 2 aromatic carbocycles. The van der Waals surface area contributed by atoms with Crippen molar-refractivity contribution in [3.05, 3.63) is 93.0 Å². The van der Waals surface area contributed by atoms with Crippen molar-refractivity contribution in [2.24, 2.45) is 5.73 Å². The first-order chi connectivity index (χ1) is 12.8. The van der Waals surface area contributed by atoms with Gasteiger partial charge in [-0.2, -0.15) is 0 Å². The zero-order chi connectivity index (χ0) is 20.1.